The van der Waals surface area contributed by atoms with E-state index in [0.29, 0.717) is 25.4 Å². The van der Waals surface area contributed by atoms with E-state index in [1.807, 2.05) is 35.2 Å². The lowest BCUT2D eigenvalue weighted by molar-refractivity contribution is -0.132. The van der Waals surface area contributed by atoms with Crippen molar-refractivity contribution in [3.63, 3.8) is 0 Å². The Morgan fingerprint density at radius 2 is 1.96 bits per heavy atom. The third kappa shape index (κ3) is 5.25. The predicted molar refractivity (Wildman–Crippen MR) is 112 cm³/mol. The Labute approximate surface area is 169 Å². The minimum absolute atomic E-state index is 0.0930. The first kappa shape index (κ1) is 19.7. The summed E-state index contributed by atoms with van der Waals surface area (Å²) in [4.78, 5) is 20.0. The van der Waals surface area contributed by atoms with Gasteiger partial charge in [0.15, 0.2) is 0 Å². The van der Waals surface area contributed by atoms with E-state index in [4.69, 9.17) is 11.6 Å². The van der Waals surface area contributed by atoms with Crippen LogP contribution in [0.2, 0.25) is 4.34 Å². The summed E-state index contributed by atoms with van der Waals surface area (Å²) >= 11 is 7.49. The maximum Gasteiger partial charge on any atom is 0.237 e. The molecule has 1 aliphatic rings. The van der Waals surface area contributed by atoms with Crippen LogP contribution in [0.3, 0.4) is 0 Å². The molecule has 0 bridgehead atoms. The summed E-state index contributed by atoms with van der Waals surface area (Å²) in [6.45, 7) is 8.37. The van der Waals surface area contributed by atoms with Gasteiger partial charge in [-0.25, -0.2) is 0 Å². The van der Waals surface area contributed by atoms with Crippen LogP contribution in [0.15, 0.2) is 49.1 Å². The normalized spacial score (nSPS) is 14.9. The Morgan fingerprint density at radius 1 is 1.22 bits per heavy atom. The number of carbonyl (C=O) groups excluding carboxylic acids is 1. The van der Waals surface area contributed by atoms with Crippen molar-refractivity contribution in [2.75, 3.05) is 44.2 Å². The summed E-state index contributed by atoms with van der Waals surface area (Å²) in [6.07, 6.45) is 1.75. The Hall–Kier alpha value is -2.02. The van der Waals surface area contributed by atoms with Gasteiger partial charge in [0.2, 0.25) is 5.91 Å². The van der Waals surface area contributed by atoms with Gasteiger partial charge in [0.05, 0.1) is 23.1 Å². The molecule has 3 rings (SSSR count). The number of hydrogen-bond donors (Lipinski definition) is 1. The van der Waals surface area contributed by atoms with E-state index in [2.05, 4.69) is 16.4 Å². The molecule has 2 aromatic rings. The van der Waals surface area contributed by atoms with Crippen LogP contribution in [-0.4, -0.2) is 60.1 Å². The maximum absolute atomic E-state index is 12.8. The lowest BCUT2D eigenvalue weighted by Gasteiger charge is -2.36. The number of thiophene rings is 1. The molecule has 0 unspecified atom stereocenters. The van der Waals surface area contributed by atoms with E-state index in [0.717, 1.165) is 41.1 Å². The number of halogens is 1. The summed E-state index contributed by atoms with van der Waals surface area (Å²) in [6, 6.07) is 11.2. The number of nitrogens with zero attached hydrogens (tertiary/aromatic N) is 3. The van der Waals surface area contributed by atoms with Gasteiger partial charge < -0.3 is 14.9 Å². The number of benzene rings is 1. The van der Waals surface area contributed by atoms with Gasteiger partial charge in [-0.15, -0.1) is 17.9 Å². The SMILES string of the molecule is C=CCN(Cc1ccc(Cl)s1)C(=O)CN1CCN(c2ccccc2O)CC1. The zero-order chi connectivity index (χ0) is 19.2. The number of amides is 1. The molecule has 0 saturated carbocycles. The lowest BCUT2D eigenvalue weighted by Crippen LogP contribution is -2.50. The summed E-state index contributed by atoms with van der Waals surface area (Å²) in [5, 5.41) is 10.0. The van der Waals surface area contributed by atoms with Crippen LogP contribution in [0.25, 0.3) is 0 Å². The number of phenolic OH excluding ortho intramolecular Hbond substituents is 1. The number of anilines is 1. The molecule has 1 amide bonds. The second-order valence-electron chi connectivity index (χ2n) is 6.52. The fourth-order valence-corrected chi connectivity index (χ4v) is 4.31. The Balaban J connectivity index is 1.54. The second kappa shape index (κ2) is 9.26. The third-order valence-electron chi connectivity index (χ3n) is 4.63. The molecule has 1 aromatic carbocycles. The van der Waals surface area contributed by atoms with Gasteiger partial charge in [0.25, 0.3) is 0 Å². The van der Waals surface area contributed by atoms with Crippen molar-refractivity contribution in [2.24, 2.45) is 0 Å². The van der Waals surface area contributed by atoms with Gasteiger partial charge in [0.1, 0.15) is 5.75 Å². The van der Waals surface area contributed by atoms with Crippen LogP contribution >= 0.6 is 22.9 Å². The van der Waals surface area contributed by atoms with Crippen LogP contribution in [0.4, 0.5) is 5.69 Å². The molecule has 1 fully saturated rings. The van der Waals surface area contributed by atoms with E-state index >= 15 is 0 Å². The monoisotopic (exact) mass is 405 g/mol. The smallest absolute Gasteiger partial charge is 0.237 e. The minimum atomic E-state index is 0.0930. The van der Waals surface area contributed by atoms with Crippen molar-refractivity contribution in [3.8, 4) is 5.75 Å². The lowest BCUT2D eigenvalue weighted by atomic mass is 10.2. The Morgan fingerprint density at radius 3 is 2.59 bits per heavy atom. The molecule has 2 heterocycles. The first-order chi connectivity index (χ1) is 13.1. The molecule has 144 valence electrons. The number of piperazine rings is 1. The van der Waals surface area contributed by atoms with E-state index in [9.17, 15) is 9.90 Å². The number of rotatable bonds is 7. The molecule has 0 spiro atoms. The molecule has 0 atom stereocenters. The standard InChI is InChI=1S/C20H24ClN3O2S/c1-2-9-24(14-16-7-8-19(21)27-16)20(26)15-22-10-12-23(13-11-22)17-5-3-4-6-18(17)25/h2-8,25H,1,9-15H2. The second-order valence-corrected chi connectivity index (χ2v) is 8.32. The average molecular weight is 406 g/mol. The highest BCUT2D eigenvalue weighted by molar-refractivity contribution is 7.16. The highest BCUT2D eigenvalue weighted by atomic mass is 35.5. The topological polar surface area (TPSA) is 47.0 Å². The number of aromatic hydroxyl groups is 1. The Kier molecular flexibility index (Phi) is 6.77. The average Bonchev–Trinajstić information content (AvgIpc) is 3.07. The van der Waals surface area contributed by atoms with Crippen molar-refractivity contribution >= 4 is 34.5 Å². The molecule has 1 saturated heterocycles. The van der Waals surface area contributed by atoms with Crippen molar-refractivity contribution < 1.29 is 9.90 Å². The molecule has 27 heavy (non-hydrogen) atoms. The first-order valence-corrected chi connectivity index (χ1v) is 10.1. The number of phenols is 1. The van der Waals surface area contributed by atoms with Gasteiger partial charge in [-0.05, 0) is 24.3 Å². The Bertz CT molecular complexity index is 787. The van der Waals surface area contributed by atoms with Crippen LogP contribution in [0.1, 0.15) is 4.88 Å². The summed E-state index contributed by atoms with van der Waals surface area (Å²) in [7, 11) is 0. The third-order valence-corrected chi connectivity index (χ3v) is 5.85. The molecule has 7 heteroatoms. The van der Waals surface area contributed by atoms with Gasteiger partial charge in [-0.3, -0.25) is 9.69 Å². The first-order valence-electron chi connectivity index (χ1n) is 8.95. The number of carbonyl (C=O) groups is 1. The van der Waals surface area contributed by atoms with Crippen molar-refractivity contribution in [1.29, 1.82) is 0 Å². The fourth-order valence-electron chi connectivity index (χ4n) is 3.20. The molecule has 0 radical (unpaired) electrons. The van der Waals surface area contributed by atoms with Gasteiger partial charge in [0, 0.05) is 37.6 Å². The minimum Gasteiger partial charge on any atom is -0.506 e. The predicted octanol–water partition coefficient (Wildman–Crippen LogP) is 3.44. The van der Waals surface area contributed by atoms with Gasteiger partial charge in [-0.1, -0.05) is 29.8 Å². The van der Waals surface area contributed by atoms with Crippen molar-refractivity contribution in [2.45, 2.75) is 6.54 Å². The van der Waals surface area contributed by atoms with Gasteiger partial charge in [-0.2, -0.15) is 0 Å². The van der Waals surface area contributed by atoms with Crippen LogP contribution in [0.5, 0.6) is 5.75 Å². The molecule has 1 aliphatic heterocycles. The van der Waals surface area contributed by atoms with Crippen LogP contribution in [-0.2, 0) is 11.3 Å². The van der Waals surface area contributed by atoms with E-state index in [1.165, 1.54) is 11.3 Å². The molecule has 1 N–H and O–H groups in total. The van der Waals surface area contributed by atoms with E-state index in [-0.39, 0.29) is 5.91 Å². The van der Waals surface area contributed by atoms with E-state index < -0.39 is 0 Å². The van der Waals surface area contributed by atoms with Gasteiger partial charge >= 0.3 is 0 Å². The van der Waals surface area contributed by atoms with Crippen LogP contribution < -0.4 is 4.90 Å². The van der Waals surface area contributed by atoms with Crippen molar-refractivity contribution in [3.05, 3.63) is 58.3 Å². The maximum atomic E-state index is 12.8. The van der Waals surface area contributed by atoms with Crippen molar-refractivity contribution in [1.82, 2.24) is 9.80 Å². The molecular formula is C20H24ClN3O2S. The molecule has 1 aromatic heterocycles. The number of para-hydroxylation sites is 2. The zero-order valence-corrected chi connectivity index (χ0v) is 16.8. The van der Waals surface area contributed by atoms with Crippen LogP contribution in [0, 0.1) is 0 Å². The summed E-state index contributed by atoms with van der Waals surface area (Å²) in [5.74, 6) is 0.393. The highest BCUT2D eigenvalue weighted by Crippen LogP contribution is 2.27. The fraction of sp³-hybridized carbons (Fsp3) is 0.350. The molecular weight excluding hydrogens is 382 g/mol. The summed E-state index contributed by atoms with van der Waals surface area (Å²) < 4.78 is 0.733. The quantitative estimate of drug-likeness (QED) is 0.717. The zero-order valence-electron chi connectivity index (χ0n) is 15.2. The largest absolute Gasteiger partial charge is 0.506 e. The number of hydrogen-bond acceptors (Lipinski definition) is 5. The molecule has 0 aliphatic carbocycles. The molecule has 5 nitrogen and oxygen atoms in total. The summed E-state index contributed by atoms with van der Waals surface area (Å²) in [5.41, 5.74) is 0.853. The van der Waals surface area contributed by atoms with E-state index in [1.54, 1.807) is 12.1 Å². The highest BCUT2D eigenvalue weighted by Gasteiger charge is 2.23.